The van der Waals surface area contributed by atoms with Crippen LogP contribution in [0.2, 0.25) is 0 Å². The van der Waals surface area contributed by atoms with Crippen molar-refractivity contribution in [2.45, 2.75) is 322 Å². The lowest BCUT2D eigenvalue weighted by Crippen LogP contribution is -2.30. The first-order valence-corrected chi connectivity index (χ1v) is 31.5. The van der Waals surface area contributed by atoms with Crippen LogP contribution in [0.25, 0.3) is 0 Å². The van der Waals surface area contributed by atoms with Crippen LogP contribution in [0.5, 0.6) is 0 Å². The number of ether oxygens (including phenoxy) is 3. The Morgan fingerprint density at radius 2 is 0.493 bits per heavy atom. The average molecular weight is 1020 g/mol. The molecule has 1 unspecified atom stereocenters. The number of rotatable bonds is 57. The molecule has 0 N–H and O–H groups in total. The molecule has 0 amide bonds. The van der Waals surface area contributed by atoms with Crippen molar-refractivity contribution in [1.29, 1.82) is 0 Å². The second-order valence-corrected chi connectivity index (χ2v) is 21.1. The summed E-state index contributed by atoms with van der Waals surface area (Å²) >= 11 is 0. The number of esters is 3. The standard InChI is InChI=1S/C67H118O6/c1-4-7-10-13-16-19-22-25-28-31-34-37-39-42-45-48-51-54-57-60-66(69)72-63-64(73-67(70)61-58-55-52-49-46-43-40-36-33-30-27-24-21-18-15-12-9-6-3)62-71-65(68)59-56-53-50-47-44-41-38-35-32-29-26-23-20-17-14-11-8-5-2/h18,21,24,27,29-30,32-33,35-36,38,40,64H,4-17,19-20,22-23,25-26,28,31,34,37,39,41-63H2,1-3H3/b21-18-,27-24-,32-29-,33-30-,38-35-,40-36-. The number of unbranched alkanes of at least 4 members (excludes halogenated alkanes) is 38. The molecule has 0 bridgehead atoms. The number of hydrogen-bond acceptors (Lipinski definition) is 6. The zero-order valence-electron chi connectivity index (χ0n) is 48.4. The van der Waals surface area contributed by atoms with Gasteiger partial charge < -0.3 is 14.2 Å². The molecule has 0 aromatic carbocycles. The van der Waals surface area contributed by atoms with Gasteiger partial charge in [0.25, 0.3) is 0 Å². The lowest BCUT2D eigenvalue weighted by Gasteiger charge is -2.18. The van der Waals surface area contributed by atoms with Crippen LogP contribution in [0.4, 0.5) is 0 Å². The Bertz CT molecular complexity index is 1360. The molecule has 0 rings (SSSR count). The van der Waals surface area contributed by atoms with Crippen molar-refractivity contribution < 1.29 is 28.6 Å². The van der Waals surface area contributed by atoms with E-state index in [9.17, 15) is 14.4 Å². The van der Waals surface area contributed by atoms with E-state index in [1.165, 1.54) is 173 Å². The summed E-state index contributed by atoms with van der Waals surface area (Å²) in [5.74, 6) is -0.911. The van der Waals surface area contributed by atoms with Gasteiger partial charge in [0.1, 0.15) is 13.2 Å². The van der Waals surface area contributed by atoms with Crippen LogP contribution in [0.3, 0.4) is 0 Å². The fraction of sp³-hybridized carbons (Fsp3) is 0.776. The van der Waals surface area contributed by atoms with Gasteiger partial charge in [-0.1, -0.05) is 299 Å². The Morgan fingerprint density at radius 3 is 0.808 bits per heavy atom. The van der Waals surface area contributed by atoms with Gasteiger partial charge in [0, 0.05) is 19.3 Å². The Balaban J connectivity index is 4.43. The van der Waals surface area contributed by atoms with E-state index in [2.05, 4.69) is 93.7 Å². The monoisotopic (exact) mass is 1020 g/mol. The molecule has 6 nitrogen and oxygen atoms in total. The fourth-order valence-corrected chi connectivity index (χ4v) is 9.04. The maximum atomic E-state index is 12.9. The lowest BCUT2D eigenvalue weighted by atomic mass is 10.0. The molecule has 0 saturated carbocycles. The van der Waals surface area contributed by atoms with Gasteiger partial charge >= 0.3 is 17.9 Å². The molecule has 0 spiro atoms. The maximum Gasteiger partial charge on any atom is 0.306 e. The van der Waals surface area contributed by atoms with Crippen LogP contribution >= 0.6 is 0 Å². The van der Waals surface area contributed by atoms with Crippen molar-refractivity contribution in [1.82, 2.24) is 0 Å². The Labute approximate surface area is 453 Å². The third-order valence-electron chi connectivity index (χ3n) is 13.8. The Hall–Kier alpha value is -3.15. The smallest absolute Gasteiger partial charge is 0.306 e. The molecule has 0 radical (unpaired) electrons. The first-order chi connectivity index (χ1) is 36.0. The molecule has 0 aromatic rings. The second-order valence-electron chi connectivity index (χ2n) is 21.1. The van der Waals surface area contributed by atoms with E-state index in [0.29, 0.717) is 19.3 Å². The highest BCUT2D eigenvalue weighted by Gasteiger charge is 2.19. The molecule has 0 aromatic heterocycles. The summed E-state index contributed by atoms with van der Waals surface area (Å²) in [7, 11) is 0. The van der Waals surface area contributed by atoms with Crippen molar-refractivity contribution in [3.63, 3.8) is 0 Å². The second kappa shape index (κ2) is 61.4. The SMILES string of the molecule is CCCCC\C=C/C=C\C=C/C=C\CCCCCCCC(=O)OC(COC(=O)CCCCCCC/C=C\C=C/CCCCCCCCC)COC(=O)CCCCCCCCCCCCCCCCCCCCC. The minimum Gasteiger partial charge on any atom is -0.462 e. The quantitative estimate of drug-likeness (QED) is 0.0261. The minimum atomic E-state index is -0.794. The van der Waals surface area contributed by atoms with Gasteiger partial charge in [0.15, 0.2) is 6.10 Å². The van der Waals surface area contributed by atoms with E-state index in [0.717, 1.165) is 103 Å². The van der Waals surface area contributed by atoms with Crippen LogP contribution in [-0.4, -0.2) is 37.2 Å². The topological polar surface area (TPSA) is 78.9 Å². The van der Waals surface area contributed by atoms with Gasteiger partial charge in [0.05, 0.1) is 0 Å². The number of hydrogen-bond donors (Lipinski definition) is 0. The van der Waals surface area contributed by atoms with Gasteiger partial charge in [-0.15, -0.1) is 0 Å². The highest BCUT2D eigenvalue weighted by Crippen LogP contribution is 2.17. The molecule has 0 saturated heterocycles. The normalized spacial score (nSPS) is 12.5. The van der Waals surface area contributed by atoms with Gasteiger partial charge in [-0.3, -0.25) is 14.4 Å². The first-order valence-electron chi connectivity index (χ1n) is 31.5. The van der Waals surface area contributed by atoms with Crippen molar-refractivity contribution in [2.24, 2.45) is 0 Å². The molecular weight excluding hydrogens is 901 g/mol. The van der Waals surface area contributed by atoms with Crippen molar-refractivity contribution in [3.05, 3.63) is 72.9 Å². The summed E-state index contributed by atoms with van der Waals surface area (Å²) in [4.78, 5) is 38.3. The van der Waals surface area contributed by atoms with Crippen LogP contribution in [0.1, 0.15) is 316 Å². The molecule has 1 atom stereocenters. The van der Waals surface area contributed by atoms with Crippen LogP contribution in [-0.2, 0) is 28.6 Å². The zero-order chi connectivity index (χ0) is 52.9. The van der Waals surface area contributed by atoms with Crippen LogP contribution in [0.15, 0.2) is 72.9 Å². The van der Waals surface area contributed by atoms with Gasteiger partial charge in [-0.25, -0.2) is 0 Å². The molecule has 6 heteroatoms. The number of carbonyl (C=O) groups is 3. The minimum absolute atomic E-state index is 0.0877. The molecule has 0 aliphatic rings. The molecular formula is C67H118O6. The Kier molecular flexibility index (Phi) is 58.7. The molecule has 73 heavy (non-hydrogen) atoms. The molecule has 0 fully saturated rings. The first kappa shape index (κ1) is 69.8. The highest BCUT2D eigenvalue weighted by molar-refractivity contribution is 5.71. The molecule has 0 aliphatic heterocycles. The van der Waals surface area contributed by atoms with Crippen LogP contribution < -0.4 is 0 Å². The summed E-state index contributed by atoms with van der Waals surface area (Å²) in [6.45, 7) is 6.61. The lowest BCUT2D eigenvalue weighted by molar-refractivity contribution is -0.167. The van der Waals surface area contributed by atoms with Crippen molar-refractivity contribution in [3.8, 4) is 0 Å². The third kappa shape index (κ3) is 59.6. The zero-order valence-corrected chi connectivity index (χ0v) is 48.4. The number of carbonyl (C=O) groups excluding carboxylic acids is 3. The average Bonchev–Trinajstić information content (AvgIpc) is 3.39. The van der Waals surface area contributed by atoms with Gasteiger partial charge in [0.2, 0.25) is 0 Å². The summed E-state index contributed by atoms with van der Waals surface area (Å²) in [5, 5.41) is 0. The van der Waals surface area contributed by atoms with E-state index < -0.39 is 6.10 Å². The van der Waals surface area contributed by atoms with E-state index in [1.54, 1.807) is 0 Å². The summed E-state index contributed by atoms with van der Waals surface area (Å²) in [5.41, 5.74) is 0. The fourth-order valence-electron chi connectivity index (χ4n) is 9.04. The van der Waals surface area contributed by atoms with E-state index in [4.69, 9.17) is 14.2 Å². The predicted octanol–water partition coefficient (Wildman–Crippen LogP) is 21.3. The van der Waals surface area contributed by atoms with Crippen molar-refractivity contribution in [2.75, 3.05) is 13.2 Å². The summed E-state index contributed by atoms with van der Waals surface area (Å²) in [6, 6.07) is 0. The molecule has 0 heterocycles. The third-order valence-corrected chi connectivity index (χ3v) is 13.8. The maximum absolute atomic E-state index is 12.9. The molecule has 422 valence electrons. The summed E-state index contributed by atoms with van der Waals surface area (Å²) in [6.07, 6.45) is 78.9. The largest absolute Gasteiger partial charge is 0.462 e. The van der Waals surface area contributed by atoms with Gasteiger partial charge in [-0.2, -0.15) is 0 Å². The van der Waals surface area contributed by atoms with Crippen LogP contribution in [0, 0.1) is 0 Å². The van der Waals surface area contributed by atoms with E-state index >= 15 is 0 Å². The summed E-state index contributed by atoms with van der Waals surface area (Å²) < 4.78 is 16.9. The number of allylic oxidation sites excluding steroid dienone is 12. The van der Waals surface area contributed by atoms with Gasteiger partial charge in [-0.05, 0) is 70.6 Å². The Morgan fingerprint density at radius 1 is 0.274 bits per heavy atom. The predicted molar refractivity (Wildman–Crippen MR) is 316 cm³/mol. The van der Waals surface area contributed by atoms with E-state index in [1.807, 2.05) is 0 Å². The van der Waals surface area contributed by atoms with Crippen molar-refractivity contribution >= 4 is 17.9 Å². The highest BCUT2D eigenvalue weighted by atomic mass is 16.6. The molecule has 0 aliphatic carbocycles. The van der Waals surface area contributed by atoms with E-state index in [-0.39, 0.29) is 31.1 Å².